The van der Waals surface area contributed by atoms with Crippen molar-refractivity contribution in [1.29, 1.82) is 0 Å². The van der Waals surface area contributed by atoms with Crippen LogP contribution in [0, 0.1) is 17.8 Å². The van der Waals surface area contributed by atoms with Crippen LogP contribution in [-0.2, 0) is 28.2 Å². The highest BCUT2D eigenvalue weighted by molar-refractivity contribution is 6.74. The summed E-state index contributed by atoms with van der Waals surface area (Å²) >= 11 is 0. The number of esters is 1. The third-order valence-corrected chi connectivity index (χ3v) is 13.6. The number of hydrogen-bond acceptors (Lipinski definition) is 6. The van der Waals surface area contributed by atoms with Crippen LogP contribution in [0.1, 0.15) is 79.6 Å². The van der Waals surface area contributed by atoms with Gasteiger partial charge in [-0.1, -0.05) is 93.9 Å². The monoisotopic (exact) mass is 624 g/mol. The van der Waals surface area contributed by atoms with Crippen molar-refractivity contribution in [3.63, 3.8) is 0 Å². The number of methoxy groups -OCH3 is 1. The molecule has 0 radical (unpaired) electrons. The summed E-state index contributed by atoms with van der Waals surface area (Å²) in [4.78, 5) is 13.0. The summed E-state index contributed by atoms with van der Waals surface area (Å²) < 4.78 is 30.9. The molecule has 2 bridgehead atoms. The SMILES string of the molecule is C=C1C[C@H](C)C[C@@H]2CC=C[C@@H](CC#CC(=O)O[C@H]([C@H](/C=C/[C@@H]3CC(C)=CCO3)OC)C/C=C/[C@H](O[Si](C)(C)C(C)(C)C)C1)O2. The van der Waals surface area contributed by atoms with Crippen molar-refractivity contribution < 1.29 is 28.2 Å². The van der Waals surface area contributed by atoms with Gasteiger partial charge >= 0.3 is 5.97 Å². The van der Waals surface area contributed by atoms with Crippen molar-refractivity contribution in [3.05, 3.63) is 60.3 Å². The first-order chi connectivity index (χ1) is 20.8. The lowest BCUT2D eigenvalue weighted by molar-refractivity contribution is -0.146. The number of carbonyl (C=O) groups excluding carboxylic acids is 1. The van der Waals surface area contributed by atoms with Crippen molar-refractivity contribution in [1.82, 2.24) is 0 Å². The Morgan fingerprint density at radius 2 is 1.89 bits per heavy atom. The predicted molar refractivity (Wildman–Crippen MR) is 181 cm³/mol. The van der Waals surface area contributed by atoms with Gasteiger partial charge in [0.15, 0.2) is 8.32 Å². The maximum atomic E-state index is 13.0. The van der Waals surface area contributed by atoms with Gasteiger partial charge in [0.25, 0.3) is 0 Å². The van der Waals surface area contributed by atoms with Crippen molar-refractivity contribution >= 4 is 14.3 Å². The molecule has 0 spiro atoms. The predicted octanol–water partition coefficient (Wildman–Crippen LogP) is 8.02. The van der Waals surface area contributed by atoms with Crippen molar-refractivity contribution in [2.24, 2.45) is 5.92 Å². The fourth-order valence-electron chi connectivity index (χ4n) is 5.58. The van der Waals surface area contributed by atoms with Gasteiger partial charge in [-0.3, -0.25) is 0 Å². The average Bonchev–Trinajstić information content (AvgIpc) is 2.92. The number of carbonyl (C=O) groups is 1. The van der Waals surface area contributed by atoms with Crippen molar-refractivity contribution in [2.75, 3.05) is 13.7 Å². The van der Waals surface area contributed by atoms with Crippen LogP contribution < -0.4 is 0 Å². The fraction of sp³-hybridized carbons (Fsp3) is 0.649. The molecule has 0 aliphatic carbocycles. The molecule has 44 heavy (non-hydrogen) atoms. The third kappa shape index (κ3) is 11.9. The van der Waals surface area contributed by atoms with E-state index in [0.717, 1.165) is 32.1 Å². The van der Waals surface area contributed by atoms with E-state index in [9.17, 15) is 4.79 Å². The molecule has 0 aromatic carbocycles. The fourth-order valence-corrected chi connectivity index (χ4v) is 6.86. The summed E-state index contributed by atoms with van der Waals surface area (Å²) in [5.74, 6) is 5.55. The normalized spacial score (nSPS) is 31.2. The highest BCUT2D eigenvalue weighted by Gasteiger charge is 2.39. The minimum absolute atomic E-state index is 0.0361. The number of rotatable bonds is 6. The minimum Gasteiger partial charge on any atom is -0.449 e. The Hall–Kier alpha value is -2.21. The van der Waals surface area contributed by atoms with Crippen molar-refractivity contribution in [3.8, 4) is 11.8 Å². The summed E-state index contributed by atoms with van der Waals surface area (Å²) in [5, 5.41) is 0.0707. The van der Waals surface area contributed by atoms with Gasteiger partial charge in [0, 0.05) is 25.9 Å². The lowest BCUT2D eigenvalue weighted by Gasteiger charge is -2.39. The largest absolute Gasteiger partial charge is 0.449 e. The Balaban J connectivity index is 1.88. The quantitative estimate of drug-likeness (QED) is 0.0981. The summed E-state index contributed by atoms with van der Waals surface area (Å²) in [6, 6.07) is 0. The Kier molecular flexibility index (Phi) is 13.9. The molecule has 7 heteroatoms. The van der Waals surface area contributed by atoms with Gasteiger partial charge < -0.3 is 23.4 Å². The van der Waals surface area contributed by atoms with Crippen LogP contribution >= 0.6 is 0 Å². The zero-order valence-corrected chi connectivity index (χ0v) is 29.4. The van der Waals surface area contributed by atoms with Crippen LogP contribution in [0.4, 0.5) is 0 Å². The van der Waals surface area contributed by atoms with E-state index < -0.39 is 26.5 Å². The van der Waals surface area contributed by atoms with E-state index in [0.29, 0.717) is 25.4 Å². The van der Waals surface area contributed by atoms with Crippen LogP contribution in [0.3, 0.4) is 0 Å². The topological polar surface area (TPSA) is 63.2 Å². The van der Waals surface area contributed by atoms with Crippen LogP contribution in [-0.4, -0.2) is 64.6 Å². The Labute approximate surface area is 268 Å². The van der Waals surface area contributed by atoms with Gasteiger partial charge in [0.05, 0.1) is 31.0 Å². The standard InChI is InChI=1S/C37H56O6Si/c1-27-21-22-40-31(24-27)19-20-34(39-7)35-17-11-16-33(43-44(8,9)37(4,5)6)26-29(3)23-28(2)25-32-15-10-13-30(41-32)14-12-18-36(38)42-35/h10-11,13,16,19-21,28,30-35H,3,14-15,17,22-26H2,1-2,4-9H3/b16-11+,20-19+/t28-,30-,31+,32-,33-,34-,35-/m0/s1. The maximum absolute atomic E-state index is 13.0. The van der Waals surface area contributed by atoms with E-state index in [1.54, 1.807) is 7.11 Å². The molecule has 7 atom stereocenters. The number of cyclic esters (lactones) is 1. The molecule has 0 amide bonds. The molecule has 0 N–H and O–H groups in total. The molecule has 0 saturated heterocycles. The summed E-state index contributed by atoms with van der Waals surface area (Å²) in [6.07, 6.45) is 18.5. The number of fused-ring (bicyclic) bond motifs is 2. The minimum atomic E-state index is -2.06. The van der Waals surface area contributed by atoms with Crippen LogP contribution in [0.5, 0.6) is 0 Å². The molecule has 244 valence electrons. The molecule has 0 fully saturated rings. The first kappa shape index (κ1) is 36.3. The summed E-state index contributed by atoms with van der Waals surface area (Å²) in [5.41, 5.74) is 2.48. The highest BCUT2D eigenvalue weighted by atomic mass is 28.4. The first-order valence-corrected chi connectivity index (χ1v) is 19.2. The molecule has 3 rings (SSSR count). The van der Waals surface area contributed by atoms with Crippen molar-refractivity contribution in [2.45, 2.75) is 134 Å². The second-order valence-corrected chi connectivity index (χ2v) is 19.0. The van der Waals surface area contributed by atoms with Crippen LogP contribution in [0.15, 0.2) is 60.3 Å². The molecule has 3 heterocycles. The Bertz CT molecular complexity index is 1150. The molecule has 0 saturated carbocycles. The lowest BCUT2D eigenvalue weighted by Crippen LogP contribution is -2.43. The summed E-state index contributed by atoms with van der Waals surface area (Å²) in [7, 11) is -0.430. The summed E-state index contributed by atoms with van der Waals surface area (Å²) in [6.45, 7) is 20.8. The molecule has 0 aromatic heterocycles. The zero-order chi connectivity index (χ0) is 32.3. The van der Waals surface area contributed by atoms with Gasteiger partial charge in [-0.05, 0) is 63.1 Å². The first-order valence-electron chi connectivity index (χ1n) is 16.3. The van der Waals surface area contributed by atoms with Crippen LogP contribution in [0.25, 0.3) is 0 Å². The zero-order valence-electron chi connectivity index (χ0n) is 28.4. The van der Waals surface area contributed by atoms with Gasteiger partial charge in [0.2, 0.25) is 0 Å². The van der Waals surface area contributed by atoms with Gasteiger partial charge in [-0.25, -0.2) is 4.79 Å². The van der Waals surface area contributed by atoms with E-state index in [1.165, 1.54) is 11.1 Å². The maximum Gasteiger partial charge on any atom is 0.384 e. The second-order valence-electron chi connectivity index (χ2n) is 14.2. The number of ether oxygens (including phenoxy) is 4. The molecule has 0 aromatic rings. The molecular weight excluding hydrogens is 568 g/mol. The lowest BCUT2D eigenvalue weighted by atomic mass is 9.91. The van der Waals surface area contributed by atoms with E-state index in [1.807, 2.05) is 18.2 Å². The molecule has 6 nitrogen and oxygen atoms in total. The highest BCUT2D eigenvalue weighted by Crippen LogP contribution is 2.38. The average molecular weight is 625 g/mol. The second kappa shape index (κ2) is 16.9. The van der Waals surface area contributed by atoms with Gasteiger partial charge in [-0.15, -0.1) is 0 Å². The van der Waals surface area contributed by atoms with E-state index in [4.69, 9.17) is 23.4 Å². The molecule has 3 aliphatic heterocycles. The smallest absolute Gasteiger partial charge is 0.384 e. The Morgan fingerprint density at radius 1 is 1.14 bits per heavy atom. The van der Waals surface area contributed by atoms with Gasteiger partial charge in [-0.2, -0.15) is 0 Å². The van der Waals surface area contributed by atoms with E-state index in [2.05, 4.69) is 90.4 Å². The molecular formula is C37H56O6Si. The van der Waals surface area contributed by atoms with E-state index in [-0.39, 0.29) is 29.5 Å². The molecule has 0 unspecified atom stereocenters. The Morgan fingerprint density at radius 3 is 2.59 bits per heavy atom. The third-order valence-electron chi connectivity index (χ3n) is 9.05. The molecule has 3 aliphatic rings. The number of hydrogen-bond donors (Lipinski definition) is 0. The van der Waals surface area contributed by atoms with E-state index >= 15 is 0 Å². The van der Waals surface area contributed by atoms with Crippen LogP contribution in [0.2, 0.25) is 18.1 Å². The van der Waals surface area contributed by atoms with Gasteiger partial charge in [0.1, 0.15) is 12.2 Å².